The fraction of sp³-hybridized carbons (Fsp3) is 0.706. The number of hydrogen-bond donors (Lipinski definition) is 1. The molecule has 1 aromatic rings. The van der Waals surface area contributed by atoms with Crippen molar-refractivity contribution in [3.8, 4) is 0 Å². The Kier molecular flexibility index (Phi) is 6.08. The summed E-state index contributed by atoms with van der Waals surface area (Å²) in [4.78, 5) is 4.38. The molecule has 1 N–H and O–H groups in total. The van der Waals surface area contributed by atoms with Crippen LogP contribution in [-0.2, 0) is 27.3 Å². The molecule has 0 aliphatic carbocycles. The van der Waals surface area contributed by atoms with Gasteiger partial charge in [-0.25, -0.2) is 0 Å². The highest BCUT2D eigenvalue weighted by Crippen LogP contribution is 2.26. The zero-order valence-corrected chi connectivity index (χ0v) is 15.5. The molecule has 0 saturated carbocycles. The number of rotatable bonds is 6. The van der Waals surface area contributed by atoms with Crippen molar-refractivity contribution >= 4 is 11.4 Å². The zero-order valence-electron chi connectivity index (χ0n) is 14.7. The van der Waals surface area contributed by atoms with Crippen molar-refractivity contribution in [3.63, 3.8) is 0 Å². The summed E-state index contributed by atoms with van der Waals surface area (Å²) < 4.78 is 27.0. The summed E-state index contributed by atoms with van der Waals surface area (Å²) in [6.45, 7) is 10.3. The number of hydrogen-bond acceptors (Lipinski definition) is 5. The highest BCUT2D eigenvalue weighted by Gasteiger charge is 2.36. The molecule has 2 heterocycles. The van der Waals surface area contributed by atoms with Crippen molar-refractivity contribution in [2.45, 2.75) is 70.1 Å². The van der Waals surface area contributed by atoms with Crippen LogP contribution in [0.1, 0.15) is 46.7 Å². The van der Waals surface area contributed by atoms with Crippen LogP contribution in [-0.4, -0.2) is 38.8 Å². The summed E-state index contributed by atoms with van der Waals surface area (Å²) >= 11 is -1.13. The highest BCUT2D eigenvalue weighted by atomic mass is 32.2. The summed E-state index contributed by atoms with van der Waals surface area (Å²) in [5.41, 5.74) is 0.981. The third-order valence-corrected chi connectivity index (χ3v) is 5.29. The minimum absolute atomic E-state index is 0.00295. The Bertz CT molecular complexity index is 490. The van der Waals surface area contributed by atoms with E-state index < -0.39 is 17.1 Å². The van der Waals surface area contributed by atoms with Crippen molar-refractivity contribution in [2.24, 2.45) is 0 Å². The van der Waals surface area contributed by atoms with Crippen molar-refractivity contribution in [3.05, 3.63) is 30.1 Å². The predicted molar refractivity (Wildman–Crippen MR) is 92.3 cm³/mol. The first-order valence-corrected chi connectivity index (χ1v) is 9.20. The zero-order chi connectivity index (χ0) is 17.1. The molecule has 130 valence electrons. The first-order chi connectivity index (χ1) is 10.7. The maximum atomic E-state index is 12.5. The van der Waals surface area contributed by atoms with Gasteiger partial charge < -0.3 is 14.0 Å². The molecule has 0 spiro atoms. The minimum atomic E-state index is -1.13. The second-order valence-corrected chi connectivity index (χ2v) is 9.41. The van der Waals surface area contributed by atoms with Crippen molar-refractivity contribution in [1.29, 1.82) is 0 Å². The van der Waals surface area contributed by atoms with Gasteiger partial charge in [-0.3, -0.25) is 4.98 Å². The van der Waals surface area contributed by atoms with E-state index in [9.17, 15) is 4.55 Å². The fourth-order valence-electron chi connectivity index (χ4n) is 2.47. The van der Waals surface area contributed by atoms with Gasteiger partial charge in [-0.15, -0.1) is 4.72 Å². The third kappa shape index (κ3) is 6.04. The molecule has 1 saturated heterocycles. The lowest BCUT2D eigenvalue weighted by molar-refractivity contribution is -0.139. The van der Waals surface area contributed by atoms with E-state index in [-0.39, 0.29) is 16.9 Å². The predicted octanol–water partition coefficient (Wildman–Crippen LogP) is 2.59. The molecule has 1 unspecified atom stereocenters. The molecule has 1 fully saturated rings. The molecule has 6 heteroatoms. The van der Waals surface area contributed by atoms with E-state index in [1.807, 2.05) is 52.8 Å². The Labute approximate surface area is 142 Å². The van der Waals surface area contributed by atoms with Gasteiger partial charge >= 0.3 is 0 Å². The Morgan fingerprint density at radius 1 is 1.43 bits per heavy atom. The largest absolute Gasteiger partial charge is 0.598 e. The number of nitrogens with one attached hydrogen (secondary N) is 1. The van der Waals surface area contributed by atoms with Crippen molar-refractivity contribution < 1.29 is 14.0 Å². The molecule has 1 aliphatic rings. The molecule has 23 heavy (non-hydrogen) atoms. The van der Waals surface area contributed by atoms with Crippen LogP contribution in [0.4, 0.5) is 0 Å². The van der Waals surface area contributed by atoms with E-state index in [0.717, 1.165) is 12.1 Å². The lowest BCUT2D eigenvalue weighted by Gasteiger charge is -2.29. The topological polar surface area (TPSA) is 66.4 Å². The monoisotopic (exact) mass is 340 g/mol. The molecule has 5 nitrogen and oxygen atoms in total. The van der Waals surface area contributed by atoms with Crippen molar-refractivity contribution in [1.82, 2.24) is 9.71 Å². The molecule has 0 aromatic carbocycles. The summed E-state index contributed by atoms with van der Waals surface area (Å²) in [6, 6.07) is 5.88. The molecule has 2 rings (SSSR count). The van der Waals surface area contributed by atoms with E-state index in [0.29, 0.717) is 13.0 Å². The second kappa shape index (κ2) is 7.49. The van der Waals surface area contributed by atoms with Crippen LogP contribution >= 0.6 is 0 Å². The minimum Gasteiger partial charge on any atom is -0.598 e. The third-order valence-electron chi connectivity index (χ3n) is 3.63. The normalized spacial score (nSPS) is 23.7. The first kappa shape index (κ1) is 18.7. The molecule has 3 atom stereocenters. The van der Waals surface area contributed by atoms with Crippen LogP contribution < -0.4 is 4.72 Å². The van der Waals surface area contributed by atoms with E-state index in [4.69, 9.17) is 9.47 Å². The maximum absolute atomic E-state index is 12.5. The summed E-state index contributed by atoms with van der Waals surface area (Å²) in [5.74, 6) is -0.538. The number of nitrogens with zero attached hydrogens (tertiary/aromatic N) is 1. The van der Waals surface area contributed by atoms with Gasteiger partial charge in [0.25, 0.3) is 0 Å². The molecule has 0 amide bonds. The van der Waals surface area contributed by atoms with Gasteiger partial charge in [-0.05, 0) is 53.2 Å². The van der Waals surface area contributed by atoms with Crippen LogP contribution in [0.2, 0.25) is 0 Å². The average molecular weight is 340 g/mol. The molecular weight excluding hydrogens is 312 g/mol. The molecule has 0 radical (unpaired) electrons. The van der Waals surface area contributed by atoms with E-state index in [1.165, 1.54) is 0 Å². The van der Waals surface area contributed by atoms with E-state index >= 15 is 0 Å². The Morgan fingerprint density at radius 2 is 2.17 bits per heavy atom. The molecule has 1 aliphatic heterocycles. The molecular formula is C17H28N2O3S. The Morgan fingerprint density at radius 3 is 2.70 bits per heavy atom. The Balaban J connectivity index is 2.02. The lowest BCUT2D eigenvalue weighted by atomic mass is 10.1. The van der Waals surface area contributed by atoms with Gasteiger partial charge in [0.05, 0.1) is 18.8 Å². The second-order valence-electron chi connectivity index (χ2n) is 7.41. The Hall–Kier alpha value is -0.660. The van der Waals surface area contributed by atoms with Crippen LogP contribution in [0, 0.1) is 0 Å². The summed E-state index contributed by atoms with van der Waals surface area (Å²) in [7, 11) is 0. The van der Waals surface area contributed by atoms with Gasteiger partial charge in [0.2, 0.25) is 0 Å². The van der Waals surface area contributed by atoms with Crippen LogP contribution in [0.25, 0.3) is 0 Å². The molecule has 0 bridgehead atoms. The standard InChI is InChI=1S/C17H28N2O3S/c1-16(2,3)23(20)19-14(10-13-8-6-7-9-18-13)11-15-12-21-17(4,5)22-15/h6-9,14-15,19H,10-12H2,1-5H3/t14-,15+,23?/m1/s1. The van der Waals surface area contributed by atoms with Gasteiger partial charge in [-0.1, -0.05) is 6.07 Å². The quantitative estimate of drug-likeness (QED) is 0.806. The first-order valence-electron chi connectivity index (χ1n) is 8.05. The average Bonchev–Trinajstić information content (AvgIpc) is 2.78. The van der Waals surface area contributed by atoms with Gasteiger partial charge in [0, 0.05) is 29.7 Å². The van der Waals surface area contributed by atoms with Gasteiger partial charge in [0.15, 0.2) is 5.79 Å². The number of pyridine rings is 1. The van der Waals surface area contributed by atoms with E-state index in [2.05, 4.69) is 9.71 Å². The van der Waals surface area contributed by atoms with Crippen LogP contribution in [0.5, 0.6) is 0 Å². The highest BCUT2D eigenvalue weighted by molar-refractivity contribution is 7.90. The fourth-order valence-corrected chi connectivity index (χ4v) is 3.30. The van der Waals surface area contributed by atoms with Crippen LogP contribution in [0.3, 0.4) is 0 Å². The smallest absolute Gasteiger partial charge is 0.163 e. The van der Waals surface area contributed by atoms with Crippen molar-refractivity contribution in [2.75, 3.05) is 6.61 Å². The lowest BCUT2D eigenvalue weighted by Crippen LogP contribution is -2.47. The SMILES string of the molecule is CC1(C)OC[C@H](C[C@@H](Cc2ccccn2)N[S+]([O-])C(C)(C)C)O1. The van der Waals surface area contributed by atoms with E-state index in [1.54, 1.807) is 6.20 Å². The number of ether oxygens (including phenoxy) is 2. The number of aromatic nitrogens is 1. The molecule has 1 aromatic heterocycles. The summed E-state index contributed by atoms with van der Waals surface area (Å²) in [6.07, 6.45) is 3.24. The van der Waals surface area contributed by atoms with Crippen LogP contribution in [0.15, 0.2) is 24.4 Å². The van der Waals surface area contributed by atoms with Gasteiger partial charge in [0.1, 0.15) is 4.75 Å². The summed E-state index contributed by atoms with van der Waals surface area (Å²) in [5, 5.41) is 0. The maximum Gasteiger partial charge on any atom is 0.163 e. The van der Waals surface area contributed by atoms with Gasteiger partial charge in [-0.2, -0.15) is 0 Å².